The smallest absolute Gasteiger partial charge is 0.376 e. The van der Waals surface area contributed by atoms with Gasteiger partial charge < -0.3 is 5.32 Å². The molecule has 0 aliphatic heterocycles. The molecule has 1 nitrogen and oxygen atoms in total. The number of hydrogen-bond donors (Lipinski definition) is 1. The van der Waals surface area contributed by atoms with Crippen molar-refractivity contribution < 1.29 is 13.2 Å². The van der Waals surface area contributed by atoms with Gasteiger partial charge in [-0.2, -0.15) is 13.2 Å². The van der Waals surface area contributed by atoms with Crippen molar-refractivity contribution in [3.63, 3.8) is 0 Å². The van der Waals surface area contributed by atoms with Gasteiger partial charge >= 0.3 is 6.18 Å². The van der Waals surface area contributed by atoms with Crippen LogP contribution in [0.4, 0.5) is 18.9 Å². The predicted molar refractivity (Wildman–Crippen MR) is 79.9 cm³/mol. The van der Waals surface area contributed by atoms with Crippen LogP contribution in [0, 0.1) is 0 Å². The quantitative estimate of drug-likeness (QED) is 0.706. The minimum absolute atomic E-state index is 0.232. The van der Waals surface area contributed by atoms with Crippen LogP contribution in [0.5, 0.6) is 0 Å². The number of rotatable bonds is 3. The molecule has 0 saturated carbocycles. The van der Waals surface area contributed by atoms with Gasteiger partial charge in [0.1, 0.15) is 0 Å². The fraction of sp³-hybridized carbons (Fsp3) is 0.200. The Kier molecular flexibility index (Phi) is 4.69. The Labute approximate surface area is 130 Å². The topological polar surface area (TPSA) is 12.0 Å². The third-order valence-electron chi connectivity index (χ3n) is 3.06. The molecular weight excluding hydrogens is 322 g/mol. The summed E-state index contributed by atoms with van der Waals surface area (Å²) < 4.78 is 37.6. The van der Waals surface area contributed by atoms with E-state index in [1.165, 1.54) is 12.1 Å². The minimum atomic E-state index is -4.33. The molecule has 1 N–H and O–H groups in total. The van der Waals surface area contributed by atoms with Gasteiger partial charge in [-0.25, -0.2) is 0 Å². The van der Waals surface area contributed by atoms with Crippen molar-refractivity contribution in [2.45, 2.75) is 19.1 Å². The van der Waals surface area contributed by atoms with Gasteiger partial charge in [0.2, 0.25) is 0 Å². The average Bonchev–Trinajstić information content (AvgIpc) is 2.42. The lowest BCUT2D eigenvalue weighted by Crippen LogP contribution is -2.09. The highest BCUT2D eigenvalue weighted by Crippen LogP contribution is 2.34. The minimum Gasteiger partial charge on any atom is -0.376 e. The maximum atomic E-state index is 12.5. The summed E-state index contributed by atoms with van der Waals surface area (Å²) >= 11 is 12.1. The zero-order chi connectivity index (χ0) is 15.6. The van der Waals surface area contributed by atoms with Crippen molar-refractivity contribution in [2.75, 3.05) is 5.32 Å². The Morgan fingerprint density at radius 1 is 0.952 bits per heavy atom. The molecule has 0 spiro atoms. The molecule has 1 atom stereocenters. The molecule has 0 heterocycles. The first-order valence-corrected chi connectivity index (χ1v) is 6.92. The van der Waals surface area contributed by atoms with E-state index in [1.807, 2.05) is 6.92 Å². The van der Waals surface area contributed by atoms with E-state index in [1.54, 1.807) is 18.2 Å². The molecule has 0 bridgehead atoms. The summed E-state index contributed by atoms with van der Waals surface area (Å²) in [7, 11) is 0. The molecule has 6 heteroatoms. The normalized spacial score (nSPS) is 13.0. The largest absolute Gasteiger partial charge is 0.416 e. The summed E-state index contributed by atoms with van der Waals surface area (Å²) in [4.78, 5) is 0. The monoisotopic (exact) mass is 333 g/mol. The van der Waals surface area contributed by atoms with E-state index in [-0.39, 0.29) is 6.04 Å². The highest BCUT2D eigenvalue weighted by molar-refractivity contribution is 6.39. The third-order valence-corrected chi connectivity index (χ3v) is 3.69. The molecule has 1 unspecified atom stereocenters. The Balaban J connectivity index is 2.19. The fourth-order valence-electron chi connectivity index (χ4n) is 1.90. The number of benzene rings is 2. The van der Waals surface area contributed by atoms with Crippen molar-refractivity contribution in [2.24, 2.45) is 0 Å². The van der Waals surface area contributed by atoms with Gasteiger partial charge in [0.25, 0.3) is 0 Å². The van der Waals surface area contributed by atoms with Crippen LogP contribution in [-0.4, -0.2) is 0 Å². The van der Waals surface area contributed by atoms with Crippen LogP contribution in [0.3, 0.4) is 0 Å². The zero-order valence-corrected chi connectivity index (χ0v) is 12.5. The van der Waals surface area contributed by atoms with Gasteiger partial charge in [-0.05, 0) is 36.8 Å². The summed E-state index contributed by atoms with van der Waals surface area (Å²) in [6.45, 7) is 1.82. The van der Waals surface area contributed by atoms with E-state index in [9.17, 15) is 13.2 Å². The number of para-hydroxylation sites is 1. The Morgan fingerprint density at radius 2 is 1.48 bits per heavy atom. The van der Waals surface area contributed by atoms with Crippen LogP contribution in [-0.2, 0) is 6.18 Å². The molecule has 0 radical (unpaired) electrons. The first-order valence-electron chi connectivity index (χ1n) is 6.16. The number of halogens is 5. The van der Waals surface area contributed by atoms with E-state index in [2.05, 4.69) is 5.32 Å². The van der Waals surface area contributed by atoms with Gasteiger partial charge in [0, 0.05) is 6.04 Å². The molecule has 112 valence electrons. The van der Waals surface area contributed by atoms with Gasteiger partial charge in [-0.1, -0.05) is 41.4 Å². The molecule has 0 fully saturated rings. The van der Waals surface area contributed by atoms with Gasteiger partial charge in [-0.15, -0.1) is 0 Å². The molecular formula is C15H12Cl2F3N. The van der Waals surface area contributed by atoms with E-state index in [4.69, 9.17) is 23.2 Å². The van der Waals surface area contributed by atoms with Crippen LogP contribution in [0.2, 0.25) is 10.0 Å². The van der Waals surface area contributed by atoms with Gasteiger partial charge in [0.15, 0.2) is 0 Å². The molecule has 2 aromatic rings. The van der Waals surface area contributed by atoms with Gasteiger partial charge in [0.05, 0.1) is 21.3 Å². The lowest BCUT2D eigenvalue weighted by Gasteiger charge is -2.18. The van der Waals surface area contributed by atoms with E-state index in [0.717, 1.165) is 12.1 Å². The van der Waals surface area contributed by atoms with Crippen molar-refractivity contribution in [3.8, 4) is 0 Å². The first-order chi connectivity index (χ1) is 9.79. The Hall–Kier alpha value is -1.39. The SMILES string of the molecule is CC(Nc1c(Cl)cccc1Cl)c1ccc(C(F)(F)F)cc1. The molecule has 0 saturated heterocycles. The van der Waals surface area contributed by atoms with Crippen LogP contribution < -0.4 is 5.32 Å². The maximum Gasteiger partial charge on any atom is 0.416 e. The van der Waals surface area contributed by atoms with Crippen molar-refractivity contribution in [1.29, 1.82) is 0 Å². The predicted octanol–water partition coefficient (Wildman–Crippen LogP) is 6.19. The van der Waals surface area contributed by atoms with Crippen molar-refractivity contribution in [1.82, 2.24) is 0 Å². The lowest BCUT2D eigenvalue weighted by atomic mass is 10.1. The van der Waals surface area contributed by atoms with Crippen LogP contribution in [0.25, 0.3) is 0 Å². The molecule has 0 aliphatic carbocycles. The summed E-state index contributed by atoms with van der Waals surface area (Å²) in [6.07, 6.45) is -4.33. The van der Waals surface area contributed by atoms with Gasteiger partial charge in [-0.3, -0.25) is 0 Å². The molecule has 0 aliphatic rings. The highest BCUT2D eigenvalue weighted by Gasteiger charge is 2.30. The van der Waals surface area contributed by atoms with Crippen molar-refractivity contribution in [3.05, 3.63) is 63.6 Å². The van der Waals surface area contributed by atoms with E-state index >= 15 is 0 Å². The van der Waals surface area contributed by atoms with E-state index in [0.29, 0.717) is 21.3 Å². The zero-order valence-electron chi connectivity index (χ0n) is 11.0. The molecule has 2 rings (SSSR count). The van der Waals surface area contributed by atoms with Crippen molar-refractivity contribution >= 4 is 28.9 Å². The summed E-state index contributed by atoms with van der Waals surface area (Å²) in [5.41, 5.74) is 0.599. The van der Waals surface area contributed by atoms with Crippen LogP contribution >= 0.6 is 23.2 Å². The number of hydrogen-bond acceptors (Lipinski definition) is 1. The second kappa shape index (κ2) is 6.16. The third kappa shape index (κ3) is 3.83. The standard InChI is InChI=1S/C15H12Cl2F3N/c1-9(21-14-12(16)3-2-4-13(14)17)10-5-7-11(8-6-10)15(18,19)20/h2-9,21H,1H3. The second-order valence-corrected chi connectivity index (χ2v) is 5.40. The fourth-order valence-corrected chi connectivity index (χ4v) is 2.40. The Morgan fingerprint density at radius 3 is 1.95 bits per heavy atom. The lowest BCUT2D eigenvalue weighted by molar-refractivity contribution is -0.137. The number of nitrogens with one attached hydrogen (secondary N) is 1. The average molecular weight is 334 g/mol. The molecule has 21 heavy (non-hydrogen) atoms. The number of alkyl halides is 3. The summed E-state index contributed by atoms with van der Waals surface area (Å²) in [5.74, 6) is 0. The first kappa shape index (κ1) is 16.0. The summed E-state index contributed by atoms with van der Waals surface area (Å²) in [6, 6.07) is 9.85. The van der Waals surface area contributed by atoms with E-state index < -0.39 is 11.7 Å². The molecule has 2 aromatic carbocycles. The molecule has 0 amide bonds. The number of anilines is 1. The maximum absolute atomic E-state index is 12.5. The van der Waals surface area contributed by atoms with Crippen LogP contribution in [0.1, 0.15) is 24.1 Å². The van der Waals surface area contributed by atoms with Crippen LogP contribution in [0.15, 0.2) is 42.5 Å². The Bertz CT molecular complexity index is 604. The molecule has 0 aromatic heterocycles. The highest BCUT2D eigenvalue weighted by atomic mass is 35.5. The summed E-state index contributed by atoms with van der Waals surface area (Å²) in [5, 5.41) is 4.03. The second-order valence-electron chi connectivity index (χ2n) is 4.58.